The van der Waals surface area contributed by atoms with Crippen LogP contribution in [-0.4, -0.2) is 33.4 Å². The van der Waals surface area contributed by atoms with Crippen molar-refractivity contribution in [2.45, 2.75) is 45.7 Å². The van der Waals surface area contributed by atoms with Gasteiger partial charge in [-0.15, -0.1) is 10.2 Å². The van der Waals surface area contributed by atoms with Gasteiger partial charge < -0.3 is 14.6 Å². The van der Waals surface area contributed by atoms with Gasteiger partial charge in [0, 0.05) is 12.6 Å². The Morgan fingerprint density at radius 1 is 1.50 bits per heavy atom. The quantitative estimate of drug-likeness (QED) is 0.765. The van der Waals surface area contributed by atoms with Gasteiger partial charge in [-0.25, -0.2) is 0 Å². The second-order valence-electron chi connectivity index (χ2n) is 4.74. The van der Waals surface area contributed by atoms with Crippen LogP contribution >= 0.6 is 0 Å². The molecule has 1 aromatic rings. The summed E-state index contributed by atoms with van der Waals surface area (Å²) < 4.78 is 6.65. The summed E-state index contributed by atoms with van der Waals surface area (Å²) in [7, 11) is 3.33. The minimum absolute atomic E-state index is 0.207. The summed E-state index contributed by atoms with van der Waals surface area (Å²) in [5.41, 5.74) is -0.285. The van der Waals surface area contributed by atoms with Crippen LogP contribution in [0.25, 0.3) is 0 Å². The average molecular weight is 254 g/mol. The largest absolute Gasteiger partial charge is 0.469 e. The van der Waals surface area contributed by atoms with Crippen molar-refractivity contribution in [1.29, 1.82) is 0 Å². The second kappa shape index (κ2) is 5.95. The maximum atomic E-state index is 11.4. The number of aryl methyl sites for hydroxylation is 1. The lowest BCUT2D eigenvalue weighted by molar-refractivity contribution is -0.142. The number of rotatable bonds is 6. The van der Waals surface area contributed by atoms with Gasteiger partial charge in [0.15, 0.2) is 0 Å². The molecule has 0 spiro atoms. The van der Waals surface area contributed by atoms with E-state index in [0.717, 1.165) is 18.1 Å². The molecule has 102 valence electrons. The molecule has 0 aliphatic heterocycles. The number of esters is 1. The van der Waals surface area contributed by atoms with Crippen molar-refractivity contribution in [3.8, 4) is 0 Å². The number of methoxy groups -OCH3 is 1. The Labute approximate surface area is 108 Å². The Hall–Kier alpha value is -1.43. The third-order valence-electron chi connectivity index (χ3n) is 3.40. The highest BCUT2D eigenvalue weighted by Crippen LogP contribution is 2.16. The first kappa shape index (κ1) is 14.6. The zero-order chi connectivity index (χ0) is 13.8. The molecule has 6 nitrogen and oxygen atoms in total. The fourth-order valence-electron chi connectivity index (χ4n) is 1.60. The van der Waals surface area contributed by atoms with Crippen LogP contribution in [0.15, 0.2) is 0 Å². The van der Waals surface area contributed by atoms with E-state index in [2.05, 4.69) is 15.5 Å². The monoisotopic (exact) mass is 254 g/mol. The number of carbonyl (C=O) groups excluding carboxylic acids is 1. The second-order valence-corrected chi connectivity index (χ2v) is 4.74. The van der Waals surface area contributed by atoms with Crippen molar-refractivity contribution in [3.63, 3.8) is 0 Å². The summed E-state index contributed by atoms with van der Waals surface area (Å²) in [5, 5.41) is 11.4. The molecule has 0 aliphatic rings. The molecule has 0 aliphatic carbocycles. The van der Waals surface area contributed by atoms with Gasteiger partial charge in [0.25, 0.3) is 0 Å². The van der Waals surface area contributed by atoms with Crippen molar-refractivity contribution in [2.24, 2.45) is 7.05 Å². The maximum Gasteiger partial charge on any atom is 0.307 e. The minimum atomic E-state index is -0.285. The number of nitrogens with one attached hydrogen (secondary N) is 1. The summed E-state index contributed by atoms with van der Waals surface area (Å²) in [4.78, 5) is 11.4. The third kappa shape index (κ3) is 3.53. The SMILES string of the molecule is CCC(C)(CC(=O)OC)NCc1nnc(C)n1C. The highest BCUT2D eigenvalue weighted by molar-refractivity contribution is 5.70. The summed E-state index contributed by atoms with van der Waals surface area (Å²) in [6.07, 6.45) is 1.18. The Morgan fingerprint density at radius 2 is 2.17 bits per heavy atom. The molecule has 0 fully saturated rings. The average Bonchev–Trinajstić information content (AvgIpc) is 2.67. The number of carbonyl (C=O) groups is 1. The van der Waals surface area contributed by atoms with Gasteiger partial charge in [0.1, 0.15) is 11.6 Å². The molecule has 6 heteroatoms. The van der Waals surface area contributed by atoms with Crippen molar-refractivity contribution in [3.05, 3.63) is 11.6 Å². The predicted molar refractivity (Wildman–Crippen MR) is 67.9 cm³/mol. The Balaban J connectivity index is 2.63. The van der Waals surface area contributed by atoms with Crippen molar-refractivity contribution in [1.82, 2.24) is 20.1 Å². The van der Waals surface area contributed by atoms with Crippen LogP contribution in [-0.2, 0) is 23.1 Å². The van der Waals surface area contributed by atoms with Gasteiger partial charge in [-0.2, -0.15) is 0 Å². The Morgan fingerprint density at radius 3 is 2.61 bits per heavy atom. The third-order valence-corrected chi connectivity index (χ3v) is 3.40. The molecular weight excluding hydrogens is 232 g/mol. The van der Waals surface area contributed by atoms with E-state index < -0.39 is 0 Å². The molecule has 1 aromatic heterocycles. The highest BCUT2D eigenvalue weighted by Gasteiger charge is 2.26. The molecule has 1 N–H and O–H groups in total. The van der Waals surface area contributed by atoms with Crippen molar-refractivity contribution in [2.75, 3.05) is 7.11 Å². The van der Waals surface area contributed by atoms with E-state index in [0.29, 0.717) is 13.0 Å². The minimum Gasteiger partial charge on any atom is -0.469 e. The predicted octanol–water partition coefficient (Wildman–Crippen LogP) is 0.945. The van der Waals surface area contributed by atoms with Crippen LogP contribution in [0.1, 0.15) is 38.3 Å². The van der Waals surface area contributed by atoms with Gasteiger partial charge >= 0.3 is 5.97 Å². The lowest BCUT2D eigenvalue weighted by Gasteiger charge is -2.28. The van der Waals surface area contributed by atoms with Crippen molar-refractivity contribution < 1.29 is 9.53 Å². The lowest BCUT2D eigenvalue weighted by Crippen LogP contribution is -2.43. The normalized spacial score (nSPS) is 14.3. The zero-order valence-electron chi connectivity index (χ0n) is 11.8. The Bertz CT molecular complexity index is 416. The number of ether oxygens (including phenoxy) is 1. The molecule has 1 heterocycles. The molecule has 18 heavy (non-hydrogen) atoms. The molecule has 0 saturated heterocycles. The van der Waals surface area contributed by atoms with Crippen LogP contribution in [0.4, 0.5) is 0 Å². The summed E-state index contributed by atoms with van der Waals surface area (Å²) >= 11 is 0. The fourth-order valence-corrected chi connectivity index (χ4v) is 1.60. The molecule has 1 rings (SSSR count). The summed E-state index contributed by atoms with van der Waals surface area (Å²) in [6, 6.07) is 0. The van der Waals surface area contributed by atoms with Gasteiger partial charge in [-0.05, 0) is 20.3 Å². The van der Waals surface area contributed by atoms with Gasteiger partial charge in [0.2, 0.25) is 0 Å². The molecule has 1 unspecified atom stereocenters. The van der Waals surface area contributed by atoms with Crippen LogP contribution in [0.2, 0.25) is 0 Å². The van der Waals surface area contributed by atoms with Crippen LogP contribution in [0.5, 0.6) is 0 Å². The zero-order valence-corrected chi connectivity index (χ0v) is 11.8. The van der Waals surface area contributed by atoms with Gasteiger partial charge in [-0.3, -0.25) is 4.79 Å². The lowest BCUT2D eigenvalue weighted by atomic mass is 9.94. The highest BCUT2D eigenvalue weighted by atomic mass is 16.5. The topological polar surface area (TPSA) is 69.0 Å². The Kier molecular flexibility index (Phi) is 4.84. The maximum absolute atomic E-state index is 11.4. The van der Waals surface area contributed by atoms with E-state index in [1.54, 1.807) is 0 Å². The molecule has 0 radical (unpaired) electrons. The smallest absolute Gasteiger partial charge is 0.307 e. The standard InChI is InChI=1S/C12H22N4O2/c1-6-12(3,7-11(17)18-5)13-8-10-15-14-9(2)16(10)4/h13H,6-8H2,1-5H3. The van der Waals surface area contributed by atoms with Gasteiger partial charge in [0.05, 0.1) is 20.1 Å². The number of nitrogens with zero attached hydrogens (tertiary/aromatic N) is 3. The van der Waals surface area contributed by atoms with E-state index in [9.17, 15) is 4.79 Å². The summed E-state index contributed by atoms with van der Waals surface area (Å²) in [6.45, 7) is 6.54. The number of hydrogen-bond donors (Lipinski definition) is 1. The first-order valence-electron chi connectivity index (χ1n) is 6.08. The molecule has 0 amide bonds. The van der Waals surface area contributed by atoms with E-state index in [1.807, 2.05) is 32.4 Å². The molecule has 0 aromatic carbocycles. The van der Waals surface area contributed by atoms with Gasteiger partial charge in [-0.1, -0.05) is 6.92 Å². The molecule has 0 saturated carbocycles. The molecule has 1 atom stereocenters. The van der Waals surface area contributed by atoms with Crippen molar-refractivity contribution >= 4 is 5.97 Å². The van der Waals surface area contributed by atoms with E-state index in [-0.39, 0.29) is 11.5 Å². The number of aromatic nitrogens is 3. The fraction of sp³-hybridized carbons (Fsp3) is 0.750. The van der Waals surface area contributed by atoms with E-state index in [1.165, 1.54) is 7.11 Å². The first-order chi connectivity index (χ1) is 8.41. The summed E-state index contributed by atoms with van der Waals surface area (Å²) in [5.74, 6) is 1.52. The van der Waals surface area contributed by atoms with E-state index in [4.69, 9.17) is 4.74 Å². The number of hydrogen-bond acceptors (Lipinski definition) is 5. The van der Waals surface area contributed by atoms with Crippen LogP contribution in [0.3, 0.4) is 0 Å². The van der Waals surface area contributed by atoms with Crippen LogP contribution < -0.4 is 5.32 Å². The van der Waals surface area contributed by atoms with E-state index >= 15 is 0 Å². The first-order valence-corrected chi connectivity index (χ1v) is 6.08. The van der Waals surface area contributed by atoms with Crippen LogP contribution in [0, 0.1) is 6.92 Å². The molecule has 0 bridgehead atoms. The molecular formula is C12H22N4O2.